The molecule has 2 aliphatic rings. The molecule has 0 radical (unpaired) electrons. The molecule has 3 N–H and O–H groups in total. The van der Waals surface area contributed by atoms with Crippen LogP contribution in [0.15, 0.2) is 6.20 Å². The smallest absolute Gasteiger partial charge is 0.276 e. The highest BCUT2D eigenvalue weighted by Crippen LogP contribution is 2.40. The van der Waals surface area contributed by atoms with Gasteiger partial charge >= 0.3 is 0 Å². The number of aliphatic hydroxyl groups is 1. The zero-order chi connectivity index (χ0) is 14.3. The molecule has 1 saturated carbocycles. The van der Waals surface area contributed by atoms with E-state index in [4.69, 9.17) is 5.73 Å². The molecule has 1 aromatic heterocycles. The maximum absolute atomic E-state index is 12.5. The van der Waals surface area contributed by atoms with Crippen LogP contribution in [-0.4, -0.2) is 44.4 Å². The molecule has 1 aromatic rings. The Balaban J connectivity index is 1.76. The van der Waals surface area contributed by atoms with Crippen LogP contribution in [0.2, 0.25) is 0 Å². The number of aromatic nitrogens is 2. The Kier molecular flexibility index (Phi) is 3.20. The van der Waals surface area contributed by atoms with E-state index in [9.17, 15) is 9.90 Å². The third-order valence-corrected chi connectivity index (χ3v) is 4.77. The molecule has 6 nitrogen and oxygen atoms in total. The molecule has 2 heterocycles. The van der Waals surface area contributed by atoms with E-state index in [2.05, 4.69) is 5.10 Å². The molecule has 1 aliphatic carbocycles. The molecule has 0 spiro atoms. The minimum atomic E-state index is -0.565. The monoisotopic (exact) mass is 278 g/mol. The van der Waals surface area contributed by atoms with Crippen molar-refractivity contribution in [3.63, 3.8) is 0 Å². The number of rotatable bonds is 1. The van der Waals surface area contributed by atoms with Crippen molar-refractivity contribution in [2.24, 2.45) is 13.0 Å². The number of carbonyl (C=O) groups excluding carboxylic acids is 1. The van der Waals surface area contributed by atoms with Crippen LogP contribution in [0.25, 0.3) is 0 Å². The fourth-order valence-electron chi connectivity index (χ4n) is 3.58. The number of hydrogen-bond donors (Lipinski definition) is 2. The largest absolute Gasteiger partial charge is 0.396 e. The Hall–Kier alpha value is -1.56. The van der Waals surface area contributed by atoms with Crippen LogP contribution in [0.1, 0.15) is 42.6 Å². The molecule has 1 saturated heterocycles. The molecule has 3 rings (SSSR count). The fourth-order valence-corrected chi connectivity index (χ4v) is 3.58. The van der Waals surface area contributed by atoms with Gasteiger partial charge in [-0.1, -0.05) is 12.8 Å². The number of nitrogens with zero attached hydrogens (tertiary/aromatic N) is 3. The second-order valence-corrected chi connectivity index (χ2v) is 6.15. The molecule has 2 fully saturated rings. The van der Waals surface area contributed by atoms with Crippen molar-refractivity contribution in [3.8, 4) is 0 Å². The first kappa shape index (κ1) is 13.4. The van der Waals surface area contributed by atoms with Gasteiger partial charge in [-0.2, -0.15) is 5.10 Å². The zero-order valence-corrected chi connectivity index (χ0v) is 11.9. The number of nitrogen functional groups attached to an aromatic ring is 1. The summed E-state index contributed by atoms with van der Waals surface area (Å²) in [5.41, 5.74) is 6.01. The first-order valence-corrected chi connectivity index (χ1v) is 7.30. The molecule has 1 amide bonds. The lowest BCUT2D eigenvalue weighted by atomic mass is 9.71. The van der Waals surface area contributed by atoms with Crippen molar-refractivity contribution in [2.75, 3.05) is 18.8 Å². The number of nitrogens with two attached hydrogens (primary N) is 1. The number of likely N-dealkylation sites (tertiary alicyclic amines) is 1. The van der Waals surface area contributed by atoms with Crippen LogP contribution in [0, 0.1) is 5.92 Å². The van der Waals surface area contributed by atoms with Crippen molar-refractivity contribution in [1.29, 1.82) is 0 Å². The highest BCUT2D eigenvalue weighted by Gasteiger charge is 2.44. The van der Waals surface area contributed by atoms with Crippen molar-refractivity contribution >= 4 is 11.6 Å². The summed E-state index contributed by atoms with van der Waals surface area (Å²) in [7, 11) is 1.75. The number of piperidine rings is 1. The number of amides is 1. The van der Waals surface area contributed by atoms with Gasteiger partial charge in [0, 0.05) is 32.3 Å². The first-order valence-electron chi connectivity index (χ1n) is 7.30. The minimum Gasteiger partial charge on any atom is -0.396 e. The number of anilines is 1. The lowest BCUT2D eigenvalue weighted by molar-refractivity contribution is -0.0886. The summed E-state index contributed by atoms with van der Waals surface area (Å²) in [6, 6.07) is 0. The van der Waals surface area contributed by atoms with Gasteiger partial charge in [-0.05, 0) is 19.3 Å². The summed E-state index contributed by atoms with van der Waals surface area (Å²) < 4.78 is 1.56. The van der Waals surface area contributed by atoms with Crippen molar-refractivity contribution < 1.29 is 9.90 Å². The quantitative estimate of drug-likeness (QED) is 0.794. The number of aryl methyl sites for hydroxylation is 1. The van der Waals surface area contributed by atoms with Crippen LogP contribution in [-0.2, 0) is 7.05 Å². The Labute approximate surface area is 118 Å². The van der Waals surface area contributed by atoms with E-state index in [0.717, 1.165) is 25.7 Å². The van der Waals surface area contributed by atoms with E-state index >= 15 is 0 Å². The van der Waals surface area contributed by atoms with Gasteiger partial charge in [0.25, 0.3) is 5.91 Å². The predicted molar refractivity (Wildman–Crippen MR) is 75.0 cm³/mol. The summed E-state index contributed by atoms with van der Waals surface area (Å²) in [5.74, 6) is 0.0783. The molecule has 20 heavy (non-hydrogen) atoms. The van der Waals surface area contributed by atoms with E-state index in [1.165, 1.54) is 0 Å². The highest BCUT2D eigenvalue weighted by atomic mass is 16.3. The molecule has 110 valence electrons. The van der Waals surface area contributed by atoms with Crippen molar-refractivity contribution in [2.45, 2.75) is 37.7 Å². The number of fused-ring (bicyclic) bond motifs is 1. The average Bonchev–Trinajstić information content (AvgIpc) is 2.76. The van der Waals surface area contributed by atoms with Gasteiger partial charge in [0.15, 0.2) is 5.69 Å². The predicted octanol–water partition coefficient (Wildman–Crippen LogP) is 0.769. The maximum atomic E-state index is 12.5. The molecular formula is C14H22N4O2. The minimum absolute atomic E-state index is 0.115. The standard InChI is InChI=1S/C14H22N4O2/c1-17-9-11(15)12(16-17)13(19)18-7-6-14(20)5-3-2-4-10(14)8-18/h9-10,20H,2-8,15H2,1H3. The molecular weight excluding hydrogens is 256 g/mol. The Morgan fingerprint density at radius 2 is 2.30 bits per heavy atom. The molecule has 6 heteroatoms. The third kappa shape index (κ3) is 2.18. The molecule has 0 bridgehead atoms. The topological polar surface area (TPSA) is 84.4 Å². The van der Waals surface area contributed by atoms with Crippen molar-refractivity contribution in [3.05, 3.63) is 11.9 Å². The molecule has 2 unspecified atom stereocenters. The number of carbonyl (C=O) groups is 1. The first-order chi connectivity index (χ1) is 9.49. The van der Waals surface area contributed by atoms with Gasteiger partial charge in [-0.15, -0.1) is 0 Å². The fraction of sp³-hybridized carbons (Fsp3) is 0.714. The number of hydrogen-bond acceptors (Lipinski definition) is 4. The lowest BCUT2D eigenvalue weighted by Crippen LogP contribution is -2.54. The van der Waals surface area contributed by atoms with E-state index in [1.54, 1.807) is 22.8 Å². The van der Waals surface area contributed by atoms with Crippen LogP contribution >= 0.6 is 0 Å². The average molecular weight is 278 g/mol. The normalized spacial score (nSPS) is 30.1. The summed E-state index contributed by atoms with van der Waals surface area (Å²) in [5, 5.41) is 14.8. The van der Waals surface area contributed by atoms with E-state index in [-0.39, 0.29) is 11.8 Å². The van der Waals surface area contributed by atoms with Gasteiger partial charge < -0.3 is 15.7 Å². The Morgan fingerprint density at radius 3 is 3.00 bits per heavy atom. The second kappa shape index (κ2) is 4.77. The van der Waals surface area contributed by atoms with E-state index in [0.29, 0.717) is 30.9 Å². The second-order valence-electron chi connectivity index (χ2n) is 6.15. The van der Waals surface area contributed by atoms with Gasteiger partial charge in [0.1, 0.15) is 0 Å². The summed E-state index contributed by atoms with van der Waals surface area (Å²) >= 11 is 0. The molecule has 1 aliphatic heterocycles. The van der Waals surface area contributed by atoms with E-state index in [1.807, 2.05) is 0 Å². The van der Waals surface area contributed by atoms with Gasteiger partial charge in [0.05, 0.1) is 11.3 Å². The Morgan fingerprint density at radius 1 is 1.50 bits per heavy atom. The van der Waals surface area contributed by atoms with Crippen LogP contribution in [0.5, 0.6) is 0 Å². The SMILES string of the molecule is Cn1cc(N)c(C(=O)N2CCC3(O)CCCCC3C2)n1. The van der Waals surface area contributed by atoms with E-state index < -0.39 is 5.60 Å². The Bertz CT molecular complexity index is 527. The van der Waals surface area contributed by atoms with Gasteiger partial charge in [-0.25, -0.2) is 0 Å². The maximum Gasteiger partial charge on any atom is 0.276 e. The van der Waals surface area contributed by atoms with Gasteiger partial charge in [0.2, 0.25) is 0 Å². The van der Waals surface area contributed by atoms with Gasteiger partial charge in [-0.3, -0.25) is 9.48 Å². The van der Waals surface area contributed by atoms with Crippen molar-refractivity contribution in [1.82, 2.24) is 14.7 Å². The lowest BCUT2D eigenvalue weighted by Gasteiger charge is -2.47. The summed E-state index contributed by atoms with van der Waals surface area (Å²) in [6.07, 6.45) is 6.41. The zero-order valence-electron chi connectivity index (χ0n) is 11.9. The highest BCUT2D eigenvalue weighted by molar-refractivity contribution is 5.97. The summed E-state index contributed by atoms with van der Waals surface area (Å²) in [4.78, 5) is 14.3. The van der Waals surface area contributed by atoms with Crippen LogP contribution in [0.3, 0.4) is 0 Å². The third-order valence-electron chi connectivity index (χ3n) is 4.77. The van der Waals surface area contributed by atoms with Crippen LogP contribution in [0.4, 0.5) is 5.69 Å². The molecule has 2 atom stereocenters. The van der Waals surface area contributed by atoms with Crippen LogP contribution < -0.4 is 5.73 Å². The molecule has 0 aromatic carbocycles. The summed E-state index contributed by atoms with van der Waals surface area (Å²) in [6.45, 7) is 1.20.